The van der Waals surface area contributed by atoms with E-state index in [-0.39, 0.29) is 0 Å². The molecule has 3 rings (SSSR count). The molecule has 20 heavy (non-hydrogen) atoms. The third-order valence-electron chi connectivity index (χ3n) is 4.60. The Balaban J connectivity index is 2.20. The first-order valence-electron chi connectivity index (χ1n) is 7.69. The lowest BCUT2D eigenvalue weighted by molar-refractivity contribution is 0.421. The molecule has 0 aliphatic heterocycles. The van der Waals surface area contributed by atoms with Crippen LogP contribution in [-0.4, -0.2) is 10.2 Å². The van der Waals surface area contributed by atoms with E-state index in [0.29, 0.717) is 17.4 Å². The lowest BCUT2D eigenvalue weighted by Crippen LogP contribution is -2.11. The predicted octanol–water partition coefficient (Wildman–Crippen LogP) is 4.86. The first kappa shape index (κ1) is 13.3. The van der Waals surface area contributed by atoms with Gasteiger partial charge in [0.15, 0.2) is 0 Å². The normalized spacial score (nSPS) is 18.1. The highest BCUT2D eigenvalue weighted by Gasteiger charge is 2.27. The molecule has 1 aliphatic carbocycles. The number of aromatic hydroxyl groups is 2. The van der Waals surface area contributed by atoms with Crippen molar-refractivity contribution >= 4 is 10.8 Å². The topological polar surface area (TPSA) is 40.5 Å². The van der Waals surface area contributed by atoms with Crippen molar-refractivity contribution in [1.29, 1.82) is 0 Å². The quantitative estimate of drug-likeness (QED) is 0.782. The Morgan fingerprint density at radius 2 is 1.80 bits per heavy atom. The molecule has 0 saturated carbocycles. The number of hydrogen-bond acceptors (Lipinski definition) is 2. The van der Waals surface area contributed by atoms with Gasteiger partial charge in [-0.1, -0.05) is 44.0 Å². The second-order valence-electron chi connectivity index (χ2n) is 5.87. The lowest BCUT2D eigenvalue weighted by Gasteiger charge is -2.28. The largest absolute Gasteiger partial charge is 0.507 e. The molecule has 2 heteroatoms. The molecule has 0 saturated heterocycles. The molecule has 1 unspecified atom stereocenters. The van der Waals surface area contributed by atoms with E-state index in [1.54, 1.807) is 0 Å². The smallest absolute Gasteiger partial charge is 0.127 e. The number of rotatable bonds is 3. The highest BCUT2D eigenvalue weighted by Crippen LogP contribution is 2.48. The number of hydrogen-bond donors (Lipinski definition) is 2. The molecule has 1 atom stereocenters. The summed E-state index contributed by atoms with van der Waals surface area (Å²) in [7, 11) is 0. The molecule has 2 aromatic rings. The summed E-state index contributed by atoms with van der Waals surface area (Å²) in [5.41, 5.74) is 1.99. The monoisotopic (exact) mass is 270 g/mol. The van der Waals surface area contributed by atoms with Gasteiger partial charge in [-0.2, -0.15) is 0 Å². The Labute approximate surface area is 120 Å². The van der Waals surface area contributed by atoms with Gasteiger partial charge < -0.3 is 10.2 Å². The van der Waals surface area contributed by atoms with Gasteiger partial charge in [0.05, 0.1) is 0 Å². The molecule has 0 heterocycles. The molecule has 0 amide bonds. The first-order chi connectivity index (χ1) is 9.74. The van der Waals surface area contributed by atoms with Crippen LogP contribution in [0, 0.1) is 0 Å². The summed E-state index contributed by atoms with van der Waals surface area (Å²) in [6.45, 7) is 2.20. The standard InChI is InChI=1S/C18H22O2/c1-2-3-7-12-8-6-11-15-16(12)18(20)14-10-5-4-9-13(14)17(15)19/h4-5,9-10,12,19-20H,2-3,6-8,11H2,1H3. The SMILES string of the molecule is CCCCC1CCCc2c1c(O)c1ccccc1c2O. The fourth-order valence-corrected chi connectivity index (χ4v) is 3.58. The van der Waals surface area contributed by atoms with Crippen molar-refractivity contribution in [2.75, 3.05) is 0 Å². The zero-order valence-electron chi connectivity index (χ0n) is 12.0. The molecular formula is C18H22O2. The zero-order chi connectivity index (χ0) is 14.1. The van der Waals surface area contributed by atoms with Gasteiger partial charge in [0, 0.05) is 21.9 Å². The van der Waals surface area contributed by atoms with Gasteiger partial charge >= 0.3 is 0 Å². The van der Waals surface area contributed by atoms with Crippen LogP contribution in [0.2, 0.25) is 0 Å². The Hall–Kier alpha value is -1.70. The van der Waals surface area contributed by atoms with E-state index in [4.69, 9.17) is 0 Å². The zero-order valence-corrected chi connectivity index (χ0v) is 12.0. The molecule has 106 valence electrons. The van der Waals surface area contributed by atoms with E-state index in [0.717, 1.165) is 47.6 Å². The highest BCUT2D eigenvalue weighted by molar-refractivity contribution is 5.95. The molecule has 2 nitrogen and oxygen atoms in total. The maximum Gasteiger partial charge on any atom is 0.127 e. The Bertz CT molecular complexity index is 631. The van der Waals surface area contributed by atoms with E-state index in [1.165, 1.54) is 12.8 Å². The Kier molecular flexibility index (Phi) is 3.56. The molecule has 0 radical (unpaired) electrons. The molecule has 0 spiro atoms. The average molecular weight is 270 g/mol. The highest BCUT2D eigenvalue weighted by atomic mass is 16.3. The van der Waals surface area contributed by atoms with Gasteiger partial charge in [-0.05, 0) is 31.6 Å². The summed E-state index contributed by atoms with van der Waals surface area (Å²) < 4.78 is 0. The van der Waals surface area contributed by atoms with Crippen LogP contribution in [0.5, 0.6) is 11.5 Å². The molecule has 2 N–H and O–H groups in total. The minimum atomic E-state index is 0.384. The second-order valence-corrected chi connectivity index (χ2v) is 5.87. The van der Waals surface area contributed by atoms with Crippen LogP contribution in [0.25, 0.3) is 10.8 Å². The van der Waals surface area contributed by atoms with Gasteiger partial charge in [0.1, 0.15) is 11.5 Å². The fraction of sp³-hybridized carbons (Fsp3) is 0.444. The summed E-state index contributed by atoms with van der Waals surface area (Å²) in [6.07, 6.45) is 6.56. The minimum Gasteiger partial charge on any atom is -0.507 e. The fourth-order valence-electron chi connectivity index (χ4n) is 3.58. The molecule has 1 aliphatic rings. The van der Waals surface area contributed by atoms with Gasteiger partial charge in [-0.15, -0.1) is 0 Å². The van der Waals surface area contributed by atoms with Gasteiger partial charge in [-0.25, -0.2) is 0 Å². The van der Waals surface area contributed by atoms with Crippen LogP contribution in [-0.2, 0) is 6.42 Å². The molecule has 0 fully saturated rings. The maximum absolute atomic E-state index is 10.7. The third kappa shape index (κ3) is 2.04. The number of benzene rings is 2. The predicted molar refractivity (Wildman–Crippen MR) is 82.5 cm³/mol. The summed E-state index contributed by atoms with van der Waals surface area (Å²) in [5, 5.41) is 22.8. The van der Waals surface area contributed by atoms with E-state index in [9.17, 15) is 10.2 Å². The number of phenolic OH excluding ortho intramolecular Hbond substituents is 2. The van der Waals surface area contributed by atoms with Crippen molar-refractivity contribution in [3.8, 4) is 11.5 Å². The van der Waals surface area contributed by atoms with Crippen LogP contribution in [0.15, 0.2) is 24.3 Å². The van der Waals surface area contributed by atoms with Gasteiger partial charge in [0.2, 0.25) is 0 Å². The van der Waals surface area contributed by atoms with Crippen LogP contribution < -0.4 is 0 Å². The molecular weight excluding hydrogens is 248 g/mol. The third-order valence-corrected chi connectivity index (χ3v) is 4.60. The average Bonchev–Trinajstić information content (AvgIpc) is 2.50. The first-order valence-corrected chi connectivity index (χ1v) is 7.69. The Morgan fingerprint density at radius 3 is 2.50 bits per heavy atom. The van der Waals surface area contributed by atoms with E-state index < -0.39 is 0 Å². The minimum absolute atomic E-state index is 0.384. The number of unbranched alkanes of at least 4 members (excludes halogenated alkanes) is 1. The van der Waals surface area contributed by atoms with Crippen LogP contribution in [0.1, 0.15) is 56.1 Å². The summed E-state index contributed by atoms with van der Waals surface area (Å²) in [5.74, 6) is 1.18. The van der Waals surface area contributed by atoms with Crippen molar-refractivity contribution in [3.05, 3.63) is 35.4 Å². The van der Waals surface area contributed by atoms with Crippen molar-refractivity contribution < 1.29 is 10.2 Å². The summed E-state index contributed by atoms with van der Waals surface area (Å²) >= 11 is 0. The maximum atomic E-state index is 10.7. The van der Waals surface area contributed by atoms with Crippen LogP contribution in [0.3, 0.4) is 0 Å². The van der Waals surface area contributed by atoms with Crippen LogP contribution >= 0.6 is 0 Å². The summed E-state index contributed by atoms with van der Waals surface area (Å²) in [4.78, 5) is 0. The van der Waals surface area contributed by atoms with Crippen molar-refractivity contribution in [1.82, 2.24) is 0 Å². The van der Waals surface area contributed by atoms with Crippen molar-refractivity contribution in [2.24, 2.45) is 0 Å². The van der Waals surface area contributed by atoms with E-state index in [1.807, 2.05) is 24.3 Å². The molecule has 0 bridgehead atoms. The van der Waals surface area contributed by atoms with Crippen molar-refractivity contribution in [3.63, 3.8) is 0 Å². The number of phenols is 2. The van der Waals surface area contributed by atoms with Crippen molar-refractivity contribution in [2.45, 2.75) is 51.4 Å². The Morgan fingerprint density at radius 1 is 1.10 bits per heavy atom. The van der Waals surface area contributed by atoms with E-state index in [2.05, 4.69) is 6.92 Å². The van der Waals surface area contributed by atoms with Gasteiger partial charge in [-0.3, -0.25) is 0 Å². The second kappa shape index (κ2) is 5.35. The summed E-state index contributed by atoms with van der Waals surface area (Å²) in [6, 6.07) is 7.61. The molecule has 0 aromatic heterocycles. The van der Waals surface area contributed by atoms with Gasteiger partial charge in [0.25, 0.3) is 0 Å². The van der Waals surface area contributed by atoms with E-state index >= 15 is 0 Å². The molecule has 2 aromatic carbocycles. The lowest BCUT2D eigenvalue weighted by atomic mass is 9.78. The number of fused-ring (bicyclic) bond motifs is 2. The van der Waals surface area contributed by atoms with Crippen LogP contribution in [0.4, 0.5) is 0 Å².